The summed E-state index contributed by atoms with van der Waals surface area (Å²) in [6, 6.07) is -0.00930. The van der Waals surface area contributed by atoms with Gasteiger partial charge in [0, 0.05) is 20.2 Å². The Bertz CT molecular complexity index is 653. The minimum Gasteiger partial charge on any atom is -0.379 e. The van der Waals surface area contributed by atoms with E-state index in [0.29, 0.717) is 19.1 Å². The number of unbranched alkanes of at least 4 members (excludes halogenated alkanes) is 22. The van der Waals surface area contributed by atoms with Gasteiger partial charge in [0.15, 0.2) is 0 Å². The first-order valence-electron chi connectivity index (χ1n) is 21.4. The Labute approximate surface area is 302 Å². The minimum atomic E-state index is -0.199. The fraction of sp³-hybridized carbons (Fsp3) is 0.977. The SMILES string of the molecule is CCCCCCCCCCCCCCC(CCCCCCCCCCCCCC)CNC(=O)NCCCC(C)(C)OCCC(C)(C)OC. The van der Waals surface area contributed by atoms with Crippen LogP contribution in [-0.4, -0.2) is 44.0 Å². The third-order valence-corrected chi connectivity index (χ3v) is 10.5. The van der Waals surface area contributed by atoms with Crippen LogP contribution in [0.3, 0.4) is 0 Å². The number of hydrogen-bond acceptors (Lipinski definition) is 3. The molecule has 0 aromatic carbocycles. The molecule has 0 spiro atoms. The van der Waals surface area contributed by atoms with Crippen LogP contribution in [0.15, 0.2) is 0 Å². The van der Waals surface area contributed by atoms with Crippen LogP contribution in [0.4, 0.5) is 4.79 Å². The van der Waals surface area contributed by atoms with Crippen molar-refractivity contribution < 1.29 is 14.3 Å². The van der Waals surface area contributed by atoms with Crippen LogP contribution in [0.1, 0.15) is 228 Å². The molecular weight excluding hydrogens is 592 g/mol. The quantitative estimate of drug-likeness (QED) is 0.0642. The van der Waals surface area contributed by atoms with Crippen LogP contribution in [-0.2, 0) is 9.47 Å². The van der Waals surface area contributed by atoms with Crippen LogP contribution in [0, 0.1) is 5.92 Å². The predicted molar refractivity (Wildman–Crippen MR) is 211 cm³/mol. The molecular formula is C43H88N2O3. The van der Waals surface area contributed by atoms with Gasteiger partial charge in [-0.25, -0.2) is 4.79 Å². The third-order valence-electron chi connectivity index (χ3n) is 10.5. The third kappa shape index (κ3) is 33.7. The Balaban J connectivity index is 4.28. The van der Waals surface area contributed by atoms with Gasteiger partial charge in [-0.1, -0.05) is 168 Å². The molecule has 0 aliphatic rings. The molecule has 0 atom stereocenters. The number of hydrogen-bond donors (Lipinski definition) is 2. The van der Waals surface area contributed by atoms with E-state index in [1.54, 1.807) is 7.11 Å². The molecule has 5 heteroatoms. The Morgan fingerprint density at radius 2 is 0.917 bits per heavy atom. The van der Waals surface area contributed by atoms with Crippen molar-refractivity contribution in [2.45, 2.75) is 239 Å². The molecule has 2 N–H and O–H groups in total. The molecule has 0 aliphatic heterocycles. The molecule has 48 heavy (non-hydrogen) atoms. The van der Waals surface area contributed by atoms with Crippen LogP contribution >= 0.6 is 0 Å². The van der Waals surface area contributed by atoms with Crippen LogP contribution in [0.2, 0.25) is 0 Å². The number of methoxy groups -OCH3 is 1. The number of carbonyl (C=O) groups excluding carboxylic acids is 1. The summed E-state index contributed by atoms with van der Waals surface area (Å²) in [5.41, 5.74) is -0.358. The van der Waals surface area contributed by atoms with E-state index in [1.807, 2.05) is 0 Å². The summed E-state index contributed by atoms with van der Waals surface area (Å²) in [4.78, 5) is 12.7. The van der Waals surface area contributed by atoms with Gasteiger partial charge < -0.3 is 20.1 Å². The molecule has 0 saturated heterocycles. The zero-order chi connectivity index (χ0) is 35.6. The van der Waals surface area contributed by atoms with Gasteiger partial charge in [0.25, 0.3) is 0 Å². The maximum atomic E-state index is 12.7. The van der Waals surface area contributed by atoms with Crippen molar-refractivity contribution in [2.75, 3.05) is 26.8 Å². The molecule has 0 aromatic heterocycles. The van der Waals surface area contributed by atoms with E-state index in [4.69, 9.17) is 9.47 Å². The highest BCUT2D eigenvalue weighted by molar-refractivity contribution is 5.73. The lowest BCUT2D eigenvalue weighted by Crippen LogP contribution is -2.39. The molecule has 5 nitrogen and oxygen atoms in total. The van der Waals surface area contributed by atoms with Crippen LogP contribution in [0.5, 0.6) is 0 Å². The van der Waals surface area contributed by atoms with Crippen molar-refractivity contribution in [3.63, 3.8) is 0 Å². The molecule has 288 valence electrons. The van der Waals surface area contributed by atoms with E-state index in [2.05, 4.69) is 52.2 Å². The van der Waals surface area contributed by atoms with E-state index >= 15 is 0 Å². The molecule has 0 rings (SSSR count). The highest BCUT2D eigenvalue weighted by atomic mass is 16.5. The van der Waals surface area contributed by atoms with Crippen molar-refractivity contribution in [1.29, 1.82) is 0 Å². The maximum absolute atomic E-state index is 12.7. The number of urea groups is 1. The molecule has 0 aromatic rings. The Morgan fingerprint density at radius 3 is 1.31 bits per heavy atom. The van der Waals surface area contributed by atoms with Gasteiger partial charge >= 0.3 is 6.03 Å². The highest BCUT2D eigenvalue weighted by Gasteiger charge is 2.21. The number of amides is 2. The number of nitrogens with one attached hydrogen (secondary N) is 2. The first-order chi connectivity index (χ1) is 23.2. The number of rotatable bonds is 37. The van der Waals surface area contributed by atoms with Gasteiger partial charge in [-0.05, 0) is 65.7 Å². The first-order valence-corrected chi connectivity index (χ1v) is 21.4. The Hall–Kier alpha value is -0.810. The van der Waals surface area contributed by atoms with E-state index in [9.17, 15) is 4.79 Å². The number of carbonyl (C=O) groups is 1. The van der Waals surface area contributed by atoms with Crippen molar-refractivity contribution in [1.82, 2.24) is 10.6 Å². The summed E-state index contributed by atoms with van der Waals surface area (Å²) in [5.74, 6) is 0.602. The van der Waals surface area contributed by atoms with Crippen LogP contribution in [0.25, 0.3) is 0 Å². The second-order valence-electron chi connectivity index (χ2n) is 16.3. The topological polar surface area (TPSA) is 59.6 Å². The monoisotopic (exact) mass is 681 g/mol. The lowest BCUT2D eigenvalue weighted by Gasteiger charge is -2.29. The average Bonchev–Trinajstić information content (AvgIpc) is 3.06. The van der Waals surface area contributed by atoms with Crippen molar-refractivity contribution in [2.24, 2.45) is 5.92 Å². The van der Waals surface area contributed by atoms with Crippen molar-refractivity contribution in [3.05, 3.63) is 0 Å². The summed E-state index contributed by atoms with van der Waals surface area (Å²) >= 11 is 0. The Morgan fingerprint density at radius 1 is 0.521 bits per heavy atom. The molecule has 2 amide bonds. The molecule has 0 unspecified atom stereocenters. The van der Waals surface area contributed by atoms with Gasteiger partial charge in [-0.3, -0.25) is 0 Å². The van der Waals surface area contributed by atoms with Gasteiger partial charge in [0.2, 0.25) is 0 Å². The first kappa shape index (κ1) is 47.2. The summed E-state index contributed by atoms with van der Waals surface area (Å²) < 4.78 is 11.6. The molecule has 0 fully saturated rings. The second-order valence-corrected chi connectivity index (χ2v) is 16.3. The van der Waals surface area contributed by atoms with Crippen molar-refractivity contribution in [3.8, 4) is 0 Å². The van der Waals surface area contributed by atoms with E-state index in [0.717, 1.165) is 25.8 Å². The zero-order valence-corrected chi connectivity index (χ0v) is 33.9. The van der Waals surface area contributed by atoms with E-state index < -0.39 is 0 Å². The van der Waals surface area contributed by atoms with Gasteiger partial charge in [-0.2, -0.15) is 0 Å². The standard InChI is InChI=1S/C43H88N2O3/c1-8-10-12-14-16-18-20-22-24-26-28-30-33-40(34-31-29-27-25-23-21-19-17-15-13-11-9-2)39-45-41(46)44-37-32-35-43(5,6)48-38-36-42(3,4)47-7/h40H,8-39H2,1-7H3,(H2,44,45,46). The van der Waals surface area contributed by atoms with Gasteiger partial charge in [0.05, 0.1) is 17.8 Å². The summed E-state index contributed by atoms with van der Waals surface area (Å²) in [7, 11) is 1.75. The molecule has 0 bridgehead atoms. The number of ether oxygens (including phenoxy) is 2. The van der Waals surface area contributed by atoms with Gasteiger partial charge in [0.1, 0.15) is 0 Å². The fourth-order valence-electron chi connectivity index (χ4n) is 6.66. The van der Waals surface area contributed by atoms with Crippen LogP contribution < -0.4 is 10.6 Å². The zero-order valence-electron chi connectivity index (χ0n) is 33.9. The lowest BCUT2D eigenvalue weighted by atomic mass is 9.94. The minimum absolute atomic E-state index is 0.00930. The average molecular weight is 681 g/mol. The highest BCUT2D eigenvalue weighted by Crippen LogP contribution is 2.21. The molecule has 0 radical (unpaired) electrons. The lowest BCUT2D eigenvalue weighted by molar-refractivity contribution is -0.0616. The van der Waals surface area contributed by atoms with Crippen molar-refractivity contribution >= 4 is 6.03 Å². The summed E-state index contributed by atoms with van der Waals surface area (Å²) in [6.07, 6.45) is 38.6. The molecule has 0 saturated carbocycles. The maximum Gasteiger partial charge on any atom is 0.314 e. The second kappa shape index (κ2) is 33.3. The fourth-order valence-corrected chi connectivity index (χ4v) is 6.66. The Kier molecular flexibility index (Phi) is 32.8. The predicted octanol–water partition coefficient (Wildman–Crippen LogP) is 13.5. The van der Waals surface area contributed by atoms with Gasteiger partial charge in [-0.15, -0.1) is 0 Å². The summed E-state index contributed by atoms with van der Waals surface area (Å²) in [5, 5.41) is 6.33. The van der Waals surface area contributed by atoms with E-state index in [-0.39, 0.29) is 17.2 Å². The van der Waals surface area contributed by atoms with E-state index in [1.165, 1.54) is 167 Å². The molecule has 0 heterocycles. The normalized spacial score (nSPS) is 12.2. The molecule has 0 aliphatic carbocycles. The smallest absolute Gasteiger partial charge is 0.314 e. The summed E-state index contributed by atoms with van der Waals surface area (Å²) in [6.45, 7) is 15.2. The largest absolute Gasteiger partial charge is 0.379 e.